The van der Waals surface area contributed by atoms with Crippen molar-refractivity contribution in [3.8, 4) is 0 Å². The van der Waals surface area contributed by atoms with Crippen LogP contribution in [-0.4, -0.2) is 4.57 Å². The highest BCUT2D eigenvalue weighted by molar-refractivity contribution is 5.82. The predicted octanol–water partition coefficient (Wildman–Crippen LogP) is 3.44. The number of hydrogen-bond acceptors (Lipinski definition) is 0. The van der Waals surface area contributed by atoms with Gasteiger partial charge in [0.2, 0.25) is 0 Å². The molecule has 2 rings (SSSR count). The smallest absolute Gasteiger partial charge is 0.147 e. The lowest BCUT2D eigenvalue weighted by Crippen LogP contribution is -1.98. The molecule has 0 spiro atoms. The Kier molecular flexibility index (Phi) is 2.06. The zero-order valence-electron chi connectivity index (χ0n) is 8.71. The summed E-state index contributed by atoms with van der Waals surface area (Å²) in [4.78, 5) is 0. The number of para-hydroxylation sites is 1. The maximum Gasteiger partial charge on any atom is 0.147 e. The van der Waals surface area contributed by atoms with Gasteiger partial charge in [-0.15, -0.1) is 0 Å². The van der Waals surface area contributed by atoms with Gasteiger partial charge in [0.25, 0.3) is 0 Å². The number of rotatable bonds is 1. The lowest BCUT2D eigenvalue weighted by molar-refractivity contribution is 0.628. The van der Waals surface area contributed by atoms with Gasteiger partial charge in [0.05, 0.1) is 5.52 Å². The zero-order chi connectivity index (χ0) is 10.3. The highest BCUT2D eigenvalue weighted by atomic mass is 19.1. The van der Waals surface area contributed by atoms with E-state index in [1.54, 1.807) is 6.07 Å². The average molecular weight is 191 g/mol. The van der Waals surface area contributed by atoms with E-state index < -0.39 is 0 Å². The molecule has 1 aromatic carbocycles. The fourth-order valence-electron chi connectivity index (χ4n) is 1.94. The Morgan fingerprint density at radius 3 is 2.57 bits per heavy atom. The van der Waals surface area contributed by atoms with E-state index in [-0.39, 0.29) is 5.82 Å². The van der Waals surface area contributed by atoms with Gasteiger partial charge < -0.3 is 4.57 Å². The standard InChI is InChI=1S/C12H14FN/c1-8(2)11-7-9-5-4-6-10(13)12(9)14(11)3/h4-8H,1-3H3. The molecule has 0 aliphatic rings. The molecule has 0 bridgehead atoms. The van der Waals surface area contributed by atoms with Crippen LogP contribution in [-0.2, 0) is 7.05 Å². The predicted molar refractivity (Wildman–Crippen MR) is 57.0 cm³/mol. The van der Waals surface area contributed by atoms with Gasteiger partial charge >= 0.3 is 0 Å². The second-order valence-corrected chi connectivity index (χ2v) is 3.96. The lowest BCUT2D eigenvalue weighted by Gasteiger charge is -2.06. The monoisotopic (exact) mass is 191 g/mol. The number of fused-ring (bicyclic) bond motifs is 1. The summed E-state index contributed by atoms with van der Waals surface area (Å²) in [5.74, 6) is 0.281. The van der Waals surface area contributed by atoms with Crippen LogP contribution in [0.5, 0.6) is 0 Å². The Morgan fingerprint density at radius 2 is 2.00 bits per heavy atom. The summed E-state index contributed by atoms with van der Waals surface area (Å²) in [5, 5.41) is 0.983. The maximum absolute atomic E-state index is 13.5. The largest absolute Gasteiger partial charge is 0.345 e. The van der Waals surface area contributed by atoms with Gasteiger partial charge in [0, 0.05) is 18.1 Å². The maximum atomic E-state index is 13.5. The van der Waals surface area contributed by atoms with Crippen molar-refractivity contribution in [1.29, 1.82) is 0 Å². The summed E-state index contributed by atoms with van der Waals surface area (Å²) in [7, 11) is 1.92. The van der Waals surface area contributed by atoms with E-state index in [4.69, 9.17) is 0 Å². The molecule has 2 aromatic rings. The molecule has 0 aliphatic heterocycles. The van der Waals surface area contributed by atoms with Crippen molar-refractivity contribution in [1.82, 2.24) is 4.57 Å². The van der Waals surface area contributed by atoms with Crippen LogP contribution in [0.15, 0.2) is 24.3 Å². The molecule has 0 aliphatic carbocycles. The van der Waals surface area contributed by atoms with Crippen LogP contribution in [0.25, 0.3) is 10.9 Å². The van der Waals surface area contributed by atoms with E-state index in [2.05, 4.69) is 19.9 Å². The molecular formula is C12H14FN. The Bertz CT molecular complexity index is 468. The van der Waals surface area contributed by atoms with Crippen molar-refractivity contribution in [2.75, 3.05) is 0 Å². The molecule has 0 atom stereocenters. The van der Waals surface area contributed by atoms with Crippen LogP contribution in [0, 0.1) is 5.82 Å². The van der Waals surface area contributed by atoms with Crippen LogP contribution in [0.3, 0.4) is 0 Å². The number of hydrogen-bond donors (Lipinski definition) is 0. The fraction of sp³-hybridized carbons (Fsp3) is 0.333. The molecule has 0 N–H and O–H groups in total. The van der Waals surface area contributed by atoms with Gasteiger partial charge in [-0.25, -0.2) is 4.39 Å². The molecule has 0 saturated carbocycles. The molecule has 0 unspecified atom stereocenters. The molecule has 2 heteroatoms. The Balaban J connectivity index is 2.81. The molecule has 0 fully saturated rings. The second-order valence-electron chi connectivity index (χ2n) is 3.96. The summed E-state index contributed by atoms with van der Waals surface area (Å²) >= 11 is 0. The molecule has 0 radical (unpaired) electrons. The highest BCUT2D eigenvalue weighted by Crippen LogP contribution is 2.25. The van der Waals surface area contributed by atoms with Crippen molar-refractivity contribution in [3.63, 3.8) is 0 Å². The summed E-state index contributed by atoms with van der Waals surface area (Å²) in [5.41, 5.74) is 1.88. The van der Waals surface area contributed by atoms with E-state index in [9.17, 15) is 4.39 Å². The molecule has 0 saturated heterocycles. The third-order valence-corrected chi connectivity index (χ3v) is 2.64. The van der Waals surface area contributed by atoms with Crippen LogP contribution >= 0.6 is 0 Å². The van der Waals surface area contributed by atoms with Crippen LogP contribution in [0.1, 0.15) is 25.5 Å². The number of nitrogens with zero attached hydrogens (tertiary/aromatic N) is 1. The van der Waals surface area contributed by atoms with Crippen molar-refractivity contribution in [3.05, 3.63) is 35.8 Å². The minimum Gasteiger partial charge on any atom is -0.345 e. The van der Waals surface area contributed by atoms with Gasteiger partial charge in [0.1, 0.15) is 5.82 Å². The van der Waals surface area contributed by atoms with Gasteiger partial charge in [-0.05, 0) is 18.1 Å². The van der Waals surface area contributed by atoms with Crippen LogP contribution in [0.2, 0.25) is 0 Å². The highest BCUT2D eigenvalue weighted by Gasteiger charge is 2.11. The Hall–Kier alpha value is -1.31. The summed E-state index contributed by atoms with van der Waals surface area (Å²) < 4.78 is 15.4. The van der Waals surface area contributed by atoms with Gasteiger partial charge in [-0.2, -0.15) is 0 Å². The number of halogens is 1. The summed E-state index contributed by atoms with van der Waals surface area (Å²) in [6.07, 6.45) is 0. The van der Waals surface area contributed by atoms with E-state index >= 15 is 0 Å². The molecule has 74 valence electrons. The molecule has 1 nitrogen and oxygen atoms in total. The molecular weight excluding hydrogens is 177 g/mol. The number of aromatic nitrogens is 1. The van der Waals surface area contributed by atoms with Gasteiger partial charge in [0.15, 0.2) is 0 Å². The van der Waals surface area contributed by atoms with E-state index in [0.29, 0.717) is 11.4 Å². The quantitative estimate of drug-likeness (QED) is 0.650. The first-order chi connectivity index (χ1) is 6.61. The zero-order valence-corrected chi connectivity index (χ0v) is 8.71. The van der Waals surface area contributed by atoms with Gasteiger partial charge in [-0.3, -0.25) is 0 Å². The Morgan fingerprint density at radius 1 is 1.29 bits per heavy atom. The fourth-order valence-corrected chi connectivity index (χ4v) is 1.94. The molecule has 0 amide bonds. The van der Waals surface area contributed by atoms with Gasteiger partial charge in [-0.1, -0.05) is 26.0 Å². The Labute approximate surface area is 83.2 Å². The third kappa shape index (κ3) is 1.22. The SMILES string of the molecule is CC(C)c1cc2cccc(F)c2n1C. The van der Waals surface area contributed by atoms with E-state index in [1.165, 1.54) is 11.8 Å². The van der Waals surface area contributed by atoms with Crippen molar-refractivity contribution >= 4 is 10.9 Å². The first-order valence-corrected chi connectivity index (χ1v) is 4.85. The minimum absolute atomic E-state index is 0.142. The molecule has 14 heavy (non-hydrogen) atoms. The van der Waals surface area contributed by atoms with E-state index in [1.807, 2.05) is 17.7 Å². The van der Waals surface area contributed by atoms with E-state index in [0.717, 1.165) is 5.39 Å². The lowest BCUT2D eigenvalue weighted by atomic mass is 10.1. The first kappa shape index (κ1) is 9.25. The molecule has 1 aromatic heterocycles. The first-order valence-electron chi connectivity index (χ1n) is 4.85. The normalized spacial score (nSPS) is 11.5. The minimum atomic E-state index is -0.142. The van der Waals surface area contributed by atoms with Crippen LogP contribution < -0.4 is 0 Å². The van der Waals surface area contributed by atoms with Crippen molar-refractivity contribution in [2.45, 2.75) is 19.8 Å². The number of aryl methyl sites for hydroxylation is 1. The third-order valence-electron chi connectivity index (χ3n) is 2.64. The topological polar surface area (TPSA) is 4.93 Å². The summed E-state index contributed by atoms with van der Waals surface area (Å²) in [6, 6.07) is 7.27. The number of benzene rings is 1. The second kappa shape index (κ2) is 3.12. The van der Waals surface area contributed by atoms with Crippen molar-refractivity contribution in [2.24, 2.45) is 7.05 Å². The summed E-state index contributed by atoms with van der Waals surface area (Å²) in [6.45, 7) is 4.23. The van der Waals surface area contributed by atoms with Crippen LogP contribution in [0.4, 0.5) is 4.39 Å². The van der Waals surface area contributed by atoms with Crippen molar-refractivity contribution < 1.29 is 4.39 Å². The average Bonchev–Trinajstić information content (AvgIpc) is 2.45. The molecule has 1 heterocycles.